The topological polar surface area (TPSA) is 63.4 Å². The molecule has 0 aliphatic rings. The lowest BCUT2D eigenvalue weighted by Crippen LogP contribution is -2.31. The van der Waals surface area contributed by atoms with Crippen molar-refractivity contribution in [2.75, 3.05) is 18.5 Å². The maximum atomic E-state index is 13.4. The standard InChI is InChI=1S/C11H13FN2O2/c1-7(15)11-8(12)4-3-5-9(11)14(2)6-10(13)16/h3-5H,6H2,1-2H3,(H2,13,16). The van der Waals surface area contributed by atoms with Crippen molar-refractivity contribution < 1.29 is 14.0 Å². The summed E-state index contributed by atoms with van der Waals surface area (Å²) in [6.07, 6.45) is 0. The van der Waals surface area contributed by atoms with E-state index >= 15 is 0 Å². The van der Waals surface area contributed by atoms with Crippen molar-refractivity contribution in [1.29, 1.82) is 0 Å². The maximum absolute atomic E-state index is 13.4. The van der Waals surface area contributed by atoms with E-state index in [0.29, 0.717) is 5.69 Å². The number of ketones is 1. The molecule has 0 aliphatic heterocycles. The predicted molar refractivity (Wildman–Crippen MR) is 58.9 cm³/mol. The van der Waals surface area contributed by atoms with Crippen LogP contribution in [0.15, 0.2) is 18.2 Å². The lowest BCUT2D eigenvalue weighted by atomic mass is 10.1. The van der Waals surface area contributed by atoms with E-state index in [1.165, 1.54) is 24.0 Å². The molecule has 0 aromatic heterocycles. The Morgan fingerprint density at radius 2 is 2.06 bits per heavy atom. The smallest absolute Gasteiger partial charge is 0.236 e. The number of carbonyl (C=O) groups excluding carboxylic acids is 2. The highest BCUT2D eigenvalue weighted by Gasteiger charge is 2.16. The fourth-order valence-electron chi connectivity index (χ4n) is 1.50. The number of rotatable bonds is 4. The maximum Gasteiger partial charge on any atom is 0.236 e. The molecule has 0 atom stereocenters. The van der Waals surface area contributed by atoms with Gasteiger partial charge in [0.2, 0.25) is 5.91 Å². The van der Waals surface area contributed by atoms with Gasteiger partial charge in [0.05, 0.1) is 17.8 Å². The van der Waals surface area contributed by atoms with Crippen LogP contribution in [0, 0.1) is 5.82 Å². The highest BCUT2D eigenvalue weighted by Crippen LogP contribution is 2.22. The van der Waals surface area contributed by atoms with Crippen molar-refractivity contribution >= 4 is 17.4 Å². The highest BCUT2D eigenvalue weighted by molar-refractivity contribution is 6.00. The molecule has 0 radical (unpaired) electrons. The van der Waals surface area contributed by atoms with Gasteiger partial charge in [0, 0.05) is 7.05 Å². The Bertz CT molecular complexity index is 432. The van der Waals surface area contributed by atoms with Crippen LogP contribution in [0.5, 0.6) is 0 Å². The summed E-state index contributed by atoms with van der Waals surface area (Å²) in [6, 6.07) is 4.26. The Balaban J connectivity index is 3.17. The number of anilines is 1. The van der Waals surface area contributed by atoms with Crippen LogP contribution in [-0.2, 0) is 4.79 Å². The van der Waals surface area contributed by atoms with Crippen LogP contribution in [0.2, 0.25) is 0 Å². The second-order valence-electron chi connectivity index (χ2n) is 3.51. The fourth-order valence-corrected chi connectivity index (χ4v) is 1.50. The number of hydrogen-bond acceptors (Lipinski definition) is 3. The summed E-state index contributed by atoms with van der Waals surface area (Å²) in [4.78, 5) is 23.5. The van der Waals surface area contributed by atoms with Crippen molar-refractivity contribution in [3.63, 3.8) is 0 Å². The molecule has 0 bridgehead atoms. The van der Waals surface area contributed by atoms with Gasteiger partial charge >= 0.3 is 0 Å². The number of likely N-dealkylation sites (N-methyl/N-ethyl adjacent to an activating group) is 1. The number of halogens is 1. The third kappa shape index (κ3) is 2.56. The zero-order chi connectivity index (χ0) is 12.3. The number of amides is 1. The average molecular weight is 224 g/mol. The van der Waals surface area contributed by atoms with Crippen LogP contribution in [-0.4, -0.2) is 25.3 Å². The Labute approximate surface area is 92.8 Å². The second kappa shape index (κ2) is 4.74. The monoisotopic (exact) mass is 224 g/mol. The molecule has 0 spiro atoms. The van der Waals surface area contributed by atoms with E-state index in [1.807, 2.05) is 0 Å². The molecule has 1 aromatic rings. The van der Waals surface area contributed by atoms with Crippen molar-refractivity contribution in [2.24, 2.45) is 5.73 Å². The van der Waals surface area contributed by atoms with Crippen LogP contribution in [0.1, 0.15) is 17.3 Å². The van der Waals surface area contributed by atoms with E-state index in [4.69, 9.17) is 5.73 Å². The number of benzene rings is 1. The van der Waals surface area contributed by atoms with Gasteiger partial charge in [-0.3, -0.25) is 9.59 Å². The largest absolute Gasteiger partial charge is 0.368 e. The van der Waals surface area contributed by atoms with E-state index < -0.39 is 11.7 Å². The van der Waals surface area contributed by atoms with Gasteiger partial charge in [-0.1, -0.05) is 6.07 Å². The van der Waals surface area contributed by atoms with Gasteiger partial charge in [0.1, 0.15) is 5.82 Å². The van der Waals surface area contributed by atoms with E-state index in [2.05, 4.69) is 0 Å². The summed E-state index contributed by atoms with van der Waals surface area (Å²) in [5, 5.41) is 0. The van der Waals surface area contributed by atoms with Gasteiger partial charge in [0.15, 0.2) is 5.78 Å². The molecule has 0 saturated carbocycles. The molecule has 5 heteroatoms. The molecule has 1 aromatic carbocycles. The van der Waals surface area contributed by atoms with Crippen LogP contribution >= 0.6 is 0 Å². The van der Waals surface area contributed by atoms with Crippen LogP contribution in [0.4, 0.5) is 10.1 Å². The van der Waals surface area contributed by atoms with Crippen molar-refractivity contribution in [3.05, 3.63) is 29.6 Å². The van der Waals surface area contributed by atoms with Gasteiger partial charge in [0.25, 0.3) is 0 Å². The minimum absolute atomic E-state index is 0.0220. The Kier molecular flexibility index (Phi) is 3.60. The molecule has 0 aliphatic carbocycles. The highest BCUT2D eigenvalue weighted by atomic mass is 19.1. The van der Waals surface area contributed by atoms with E-state index in [0.717, 1.165) is 0 Å². The summed E-state index contributed by atoms with van der Waals surface area (Å²) in [5.74, 6) is -1.52. The quantitative estimate of drug-likeness (QED) is 0.774. The van der Waals surface area contributed by atoms with Gasteiger partial charge < -0.3 is 10.6 Å². The molecular formula is C11H13FN2O2. The first kappa shape index (κ1) is 12.2. The van der Waals surface area contributed by atoms with Gasteiger partial charge in [-0.25, -0.2) is 4.39 Å². The fraction of sp³-hybridized carbons (Fsp3) is 0.273. The first-order valence-corrected chi connectivity index (χ1v) is 4.72. The SMILES string of the molecule is CC(=O)c1c(F)cccc1N(C)CC(N)=O. The Hall–Kier alpha value is -1.91. The molecule has 0 heterocycles. The molecule has 4 nitrogen and oxygen atoms in total. The van der Waals surface area contributed by atoms with Crippen LogP contribution < -0.4 is 10.6 Å². The second-order valence-corrected chi connectivity index (χ2v) is 3.51. The van der Waals surface area contributed by atoms with Crippen molar-refractivity contribution in [1.82, 2.24) is 0 Å². The number of nitrogens with two attached hydrogens (primary N) is 1. The molecule has 16 heavy (non-hydrogen) atoms. The zero-order valence-corrected chi connectivity index (χ0v) is 9.16. The number of primary amides is 1. The summed E-state index contributed by atoms with van der Waals surface area (Å²) in [5.41, 5.74) is 5.38. The van der Waals surface area contributed by atoms with Gasteiger partial charge in [-0.2, -0.15) is 0 Å². The van der Waals surface area contributed by atoms with Crippen LogP contribution in [0.25, 0.3) is 0 Å². The molecule has 2 N–H and O–H groups in total. The molecule has 0 fully saturated rings. The van der Waals surface area contributed by atoms with Gasteiger partial charge in [-0.15, -0.1) is 0 Å². The molecule has 1 rings (SSSR count). The first-order chi connectivity index (χ1) is 7.43. The summed E-state index contributed by atoms with van der Waals surface area (Å²) in [7, 11) is 1.58. The molecule has 86 valence electrons. The number of carbonyl (C=O) groups is 2. The molecule has 0 saturated heterocycles. The zero-order valence-electron chi connectivity index (χ0n) is 9.16. The van der Waals surface area contributed by atoms with Crippen LogP contribution in [0.3, 0.4) is 0 Å². The third-order valence-corrected chi connectivity index (χ3v) is 2.15. The minimum atomic E-state index is -0.596. The Morgan fingerprint density at radius 1 is 1.44 bits per heavy atom. The molecular weight excluding hydrogens is 211 g/mol. The van der Waals surface area contributed by atoms with E-state index in [9.17, 15) is 14.0 Å². The van der Waals surface area contributed by atoms with Crippen molar-refractivity contribution in [2.45, 2.75) is 6.92 Å². The summed E-state index contributed by atoms with van der Waals surface area (Å²) >= 11 is 0. The minimum Gasteiger partial charge on any atom is -0.368 e. The molecule has 0 unspecified atom stereocenters. The first-order valence-electron chi connectivity index (χ1n) is 4.72. The van der Waals surface area contributed by atoms with Crippen molar-refractivity contribution in [3.8, 4) is 0 Å². The normalized spacial score (nSPS) is 9.94. The summed E-state index contributed by atoms with van der Waals surface area (Å²) in [6.45, 7) is 1.21. The molecule has 1 amide bonds. The number of hydrogen-bond donors (Lipinski definition) is 1. The predicted octanol–water partition coefficient (Wildman–Crippen LogP) is 0.950. The lowest BCUT2D eigenvalue weighted by molar-refractivity contribution is -0.116. The third-order valence-electron chi connectivity index (χ3n) is 2.15. The average Bonchev–Trinajstić information content (AvgIpc) is 2.15. The summed E-state index contributed by atoms with van der Waals surface area (Å²) < 4.78 is 13.4. The van der Waals surface area contributed by atoms with E-state index in [1.54, 1.807) is 13.1 Å². The lowest BCUT2D eigenvalue weighted by Gasteiger charge is -2.20. The van der Waals surface area contributed by atoms with E-state index in [-0.39, 0.29) is 17.9 Å². The Morgan fingerprint density at radius 3 is 2.56 bits per heavy atom. The number of nitrogens with zero attached hydrogens (tertiary/aromatic N) is 1. The number of Topliss-reactive ketones (excluding diaryl/α,β-unsaturated/α-hetero) is 1. The van der Waals surface area contributed by atoms with Gasteiger partial charge in [-0.05, 0) is 19.1 Å².